The summed E-state index contributed by atoms with van der Waals surface area (Å²) in [4.78, 5) is 26.0. The van der Waals surface area contributed by atoms with Crippen LogP contribution in [0.1, 0.15) is 32.3 Å². The second-order valence-electron chi connectivity index (χ2n) is 6.53. The van der Waals surface area contributed by atoms with Gasteiger partial charge in [0.25, 0.3) is 0 Å². The molecule has 0 bridgehead atoms. The molecule has 1 aromatic rings. The molecule has 0 atom stereocenters. The molecule has 0 spiro atoms. The fraction of sp³-hybridized carbons (Fsp3) is 0.579. The predicted octanol–water partition coefficient (Wildman–Crippen LogP) is 1.59. The van der Waals surface area contributed by atoms with Gasteiger partial charge in [0.1, 0.15) is 11.5 Å². The van der Waals surface area contributed by atoms with Crippen molar-refractivity contribution < 1.29 is 18.0 Å². The Kier molecular flexibility index (Phi) is 10.0. The van der Waals surface area contributed by atoms with Crippen molar-refractivity contribution in [3.63, 3.8) is 0 Å². The molecule has 0 aromatic heterocycles. The van der Waals surface area contributed by atoms with E-state index >= 15 is 0 Å². The molecular weight excluding hydrogens is 366 g/mol. The second kappa shape index (κ2) is 11.7. The van der Waals surface area contributed by atoms with Gasteiger partial charge in [-0.25, -0.2) is 8.42 Å². The van der Waals surface area contributed by atoms with Crippen LogP contribution in [0.5, 0.6) is 0 Å². The lowest BCUT2D eigenvalue weighted by molar-refractivity contribution is -0.118. The van der Waals surface area contributed by atoms with Crippen LogP contribution in [-0.2, 0) is 19.4 Å². The van der Waals surface area contributed by atoms with Gasteiger partial charge in [-0.15, -0.1) is 0 Å². The van der Waals surface area contributed by atoms with Crippen LogP contribution in [0.4, 0.5) is 5.69 Å². The number of carbonyl (C=O) groups is 2. The number of benzene rings is 1. The molecule has 8 heteroatoms. The lowest BCUT2D eigenvalue weighted by atomic mass is 10.2. The third kappa shape index (κ3) is 10.1. The van der Waals surface area contributed by atoms with E-state index in [1.165, 1.54) is 0 Å². The highest BCUT2D eigenvalue weighted by molar-refractivity contribution is 7.92. The highest BCUT2D eigenvalue weighted by atomic mass is 32.2. The number of nitrogens with one attached hydrogen (secondary N) is 2. The molecule has 1 aromatic carbocycles. The van der Waals surface area contributed by atoms with Gasteiger partial charge in [-0.05, 0) is 51.5 Å². The monoisotopic (exact) mass is 397 g/mol. The van der Waals surface area contributed by atoms with Gasteiger partial charge in [0.05, 0.1) is 0 Å². The lowest BCUT2D eigenvalue weighted by Crippen LogP contribution is -2.34. The van der Waals surface area contributed by atoms with E-state index in [9.17, 15) is 18.0 Å². The second-order valence-corrected chi connectivity index (χ2v) is 8.59. The average Bonchev–Trinajstić information content (AvgIpc) is 2.59. The fourth-order valence-corrected chi connectivity index (χ4v) is 3.64. The predicted molar refractivity (Wildman–Crippen MR) is 108 cm³/mol. The number of carbonyl (C=O) groups excluding carboxylic acids is 2. The summed E-state index contributed by atoms with van der Waals surface area (Å²) in [6.45, 7) is 9.50. The van der Waals surface area contributed by atoms with Crippen LogP contribution in [0.2, 0.25) is 0 Å². The minimum absolute atomic E-state index is 0.436. The third-order valence-corrected chi connectivity index (χ3v) is 5.56. The summed E-state index contributed by atoms with van der Waals surface area (Å²) in [5, 5.41) is 5.13. The molecule has 0 saturated carbocycles. The quantitative estimate of drug-likeness (QED) is 0.522. The number of hydrogen-bond acceptors (Lipinski definition) is 5. The number of unbranched alkanes of at least 4 members (excludes halogenated alkanes) is 1. The molecule has 0 unspecified atom stereocenters. The van der Waals surface area contributed by atoms with E-state index < -0.39 is 33.2 Å². The minimum Gasteiger partial charge on any atom is -0.355 e. The number of sulfone groups is 1. The van der Waals surface area contributed by atoms with Crippen molar-refractivity contribution in [2.45, 2.75) is 33.6 Å². The number of rotatable bonds is 12. The van der Waals surface area contributed by atoms with Gasteiger partial charge in [-0.2, -0.15) is 0 Å². The molecule has 7 nitrogen and oxygen atoms in total. The van der Waals surface area contributed by atoms with E-state index in [0.717, 1.165) is 38.0 Å². The molecule has 0 aliphatic carbocycles. The molecule has 1 rings (SSSR count). The van der Waals surface area contributed by atoms with Crippen LogP contribution in [0.25, 0.3) is 0 Å². The first-order valence-electron chi connectivity index (χ1n) is 9.31. The van der Waals surface area contributed by atoms with Crippen LogP contribution in [-0.4, -0.2) is 62.8 Å². The van der Waals surface area contributed by atoms with Gasteiger partial charge in [0, 0.05) is 12.2 Å². The van der Waals surface area contributed by atoms with Crippen molar-refractivity contribution in [3.8, 4) is 0 Å². The summed E-state index contributed by atoms with van der Waals surface area (Å²) in [5.41, 5.74) is 1.56. The maximum atomic E-state index is 12.0. The smallest absolute Gasteiger partial charge is 0.239 e. The number of hydrogen-bond donors (Lipinski definition) is 2. The van der Waals surface area contributed by atoms with Gasteiger partial charge < -0.3 is 15.5 Å². The number of anilines is 1. The molecule has 0 fully saturated rings. The molecule has 0 heterocycles. The summed E-state index contributed by atoms with van der Waals surface area (Å²) in [7, 11) is -3.80. The van der Waals surface area contributed by atoms with E-state index in [4.69, 9.17) is 0 Å². The van der Waals surface area contributed by atoms with Crippen LogP contribution < -0.4 is 10.6 Å². The topological polar surface area (TPSA) is 95.6 Å². The van der Waals surface area contributed by atoms with Crippen LogP contribution >= 0.6 is 0 Å². The Labute approximate surface area is 162 Å². The summed E-state index contributed by atoms with van der Waals surface area (Å²) >= 11 is 0. The zero-order valence-electron chi connectivity index (χ0n) is 16.5. The van der Waals surface area contributed by atoms with E-state index in [1.807, 2.05) is 19.1 Å². The normalized spacial score (nSPS) is 11.4. The first-order chi connectivity index (χ1) is 12.8. The highest BCUT2D eigenvalue weighted by Crippen LogP contribution is 2.08. The van der Waals surface area contributed by atoms with Crippen LogP contribution in [0.3, 0.4) is 0 Å². The van der Waals surface area contributed by atoms with Crippen LogP contribution in [0.15, 0.2) is 24.3 Å². The zero-order chi connectivity index (χ0) is 20.3. The molecule has 0 aliphatic rings. The van der Waals surface area contributed by atoms with Crippen molar-refractivity contribution in [1.29, 1.82) is 0 Å². The molecule has 0 aliphatic heterocycles. The van der Waals surface area contributed by atoms with Crippen molar-refractivity contribution in [2.75, 3.05) is 43.0 Å². The van der Waals surface area contributed by atoms with E-state index in [1.54, 1.807) is 12.1 Å². The largest absolute Gasteiger partial charge is 0.355 e. The van der Waals surface area contributed by atoms with Gasteiger partial charge in [-0.3, -0.25) is 9.59 Å². The number of amides is 2. The van der Waals surface area contributed by atoms with Gasteiger partial charge in [-0.1, -0.05) is 31.5 Å². The average molecular weight is 398 g/mol. The molecule has 2 amide bonds. The maximum absolute atomic E-state index is 12.0. The Bertz CT molecular complexity index is 698. The van der Waals surface area contributed by atoms with Gasteiger partial charge >= 0.3 is 0 Å². The SMILES string of the molecule is CCN(CC)CCCCNC(=O)CS(=O)(=O)CC(=O)Nc1ccc(C)cc1. The lowest BCUT2D eigenvalue weighted by Gasteiger charge is -2.17. The Hall–Kier alpha value is -1.93. The highest BCUT2D eigenvalue weighted by Gasteiger charge is 2.20. The molecular formula is C19H31N3O4S. The maximum Gasteiger partial charge on any atom is 0.239 e. The first-order valence-corrected chi connectivity index (χ1v) is 11.1. The third-order valence-electron chi connectivity index (χ3n) is 4.16. The van der Waals surface area contributed by atoms with Crippen LogP contribution in [0, 0.1) is 6.92 Å². The molecule has 27 heavy (non-hydrogen) atoms. The Morgan fingerprint density at radius 2 is 1.56 bits per heavy atom. The number of aryl methyl sites for hydroxylation is 1. The Morgan fingerprint density at radius 1 is 0.963 bits per heavy atom. The van der Waals surface area contributed by atoms with Gasteiger partial charge in [0.2, 0.25) is 11.8 Å². The standard InChI is InChI=1S/C19H31N3O4S/c1-4-22(5-2)13-7-6-12-20-18(23)14-27(25,26)15-19(24)21-17-10-8-16(3)9-11-17/h8-11H,4-7,12-15H2,1-3H3,(H,20,23)(H,21,24). The van der Waals surface area contributed by atoms with Crippen molar-refractivity contribution >= 4 is 27.3 Å². The fourth-order valence-electron chi connectivity index (χ4n) is 2.56. The molecule has 0 radical (unpaired) electrons. The Morgan fingerprint density at radius 3 is 2.15 bits per heavy atom. The summed E-state index contributed by atoms with van der Waals surface area (Å²) in [6, 6.07) is 7.03. The van der Waals surface area contributed by atoms with Gasteiger partial charge in [0.15, 0.2) is 9.84 Å². The molecule has 0 saturated heterocycles. The zero-order valence-corrected chi connectivity index (χ0v) is 17.3. The Balaban J connectivity index is 2.31. The van der Waals surface area contributed by atoms with Crippen molar-refractivity contribution in [2.24, 2.45) is 0 Å². The number of nitrogens with zero attached hydrogens (tertiary/aromatic N) is 1. The van der Waals surface area contributed by atoms with E-state index in [2.05, 4.69) is 29.4 Å². The summed E-state index contributed by atoms with van der Waals surface area (Å²) in [6.07, 6.45) is 1.73. The first kappa shape index (κ1) is 23.1. The minimum atomic E-state index is -3.80. The molecule has 2 N–H and O–H groups in total. The summed E-state index contributed by atoms with van der Waals surface area (Å²) in [5.74, 6) is -2.60. The summed E-state index contributed by atoms with van der Waals surface area (Å²) < 4.78 is 24.0. The van der Waals surface area contributed by atoms with Crippen molar-refractivity contribution in [3.05, 3.63) is 29.8 Å². The van der Waals surface area contributed by atoms with Crippen molar-refractivity contribution in [1.82, 2.24) is 10.2 Å². The van der Waals surface area contributed by atoms with E-state index in [-0.39, 0.29) is 0 Å². The molecule has 152 valence electrons. The van der Waals surface area contributed by atoms with E-state index in [0.29, 0.717) is 12.2 Å².